The Hall–Kier alpha value is -2.85. The number of nitriles is 1. The molecule has 0 bridgehead atoms. The Morgan fingerprint density at radius 3 is 3.00 bits per heavy atom. The van der Waals surface area contributed by atoms with E-state index in [1.165, 1.54) is 0 Å². The lowest BCUT2D eigenvalue weighted by molar-refractivity contribution is -0.112. The van der Waals surface area contributed by atoms with Crippen molar-refractivity contribution in [2.24, 2.45) is 5.92 Å². The molecule has 0 aromatic carbocycles. The van der Waals surface area contributed by atoms with Gasteiger partial charge in [0, 0.05) is 43.1 Å². The van der Waals surface area contributed by atoms with E-state index in [1.807, 2.05) is 26.0 Å². The number of nitrogens with one attached hydrogen (secondary N) is 1. The Kier molecular flexibility index (Phi) is 6.32. The molecule has 1 atom stereocenters. The van der Waals surface area contributed by atoms with Gasteiger partial charge in [-0.05, 0) is 44.4 Å². The van der Waals surface area contributed by atoms with Gasteiger partial charge < -0.3 is 14.6 Å². The van der Waals surface area contributed by atoms with Gasteiger partial charge in [0.05, 0.1) is 12.8 Å². The summed E-state index contributed by atoms with van der Waals surface area (Å²) in [5.74, 6) is 0.562. The van der Waals surface area contributed by atoms with E-state index >= 15 is 0 Å². The summed E-state index contributed by atoms with van der Waals surface area (Å²) in [5, 5.41) is 16.6. The number of rotatable bonds is 7. The van der Waals surface area contributed by atoms with Gasteiger partial charge in [-0.15, -0.1) is 0 Å². The normalized spacial score (nSPS) is 16.9. The number of nitrogens with zero attached hydrogens (tertiary/aromatic N) is 4. The molecule has 1 aliphatic rings. The Labute approximate surface area is 165 Å². The number of hydrogen-bond acceptors (Lipinski definition) is 4. The summed E-state index contributed by atoms with van der Waals surface area (Å²) in [7, 11) is 0. The number of hydrogen-bond donors (Lipinski definition) is 1. The minimum Gasteiger partial charge on any atom is -0.381 e. The van der Waals surface area contributed by atoms with Gasteiger partial charge in [0.2, 0.25) is 0 Å². The lowest BCUT2D eigenvalue weighted by atomic mass is 10.1. The zero-order valence-corrected chi connectivity index (χ0v) is 16.7. The van der Waals surface area contributed by atoms with Gasteiger partial charge in [0.15, 0.2) is 0 Å². The predicted octanol–water partition coefficient (Wildman–Crippen LogP) is 3.29. The van der Waals surface area contributed by atoms with Gasteiger partial charge in [-0.2, -0.15) is 10.4 Å². The zero-order chi connectivity index (χ0) is 20.1. The zero-order valence-electron chi connectivity index (χ0n) is 16.7. The Balaban J connectivity index is 1.76. The SMILES string of the molecule is CCCn1c(C)cc(C=C(C#N)C(=O)Nc2ccnn2CC2CCOC2)c1C. The molecule has 2 aromatic heterocycles. The first-order valence-electron chi connectivity index (χ1n) is 9.73. The second kappa shape index (κ2) is 8.89. The molecule has 2 aromatic rings. The molecule has 3 rings (SSSR count). The fraction of sp³-hybridized carbons (Fsp3) is 0.476. The number of ether oxygens (including phenoxy) is 1. The number of aromatic nitrogens is 3. The molecular weight excluding hydrogens is 354 g/mol. The van der Waals surface area contributed by atoms with Crippen LogP contribution in [-0.2, 0) is 22.6 Å². The first-order chi connectivity index (χ1) is 13.5. The van der Waals surface area contributed by atoms with Crippen molar-refractivity contribution in [1.29, 1.82) is 5.26 Å². The number of aryl methyl sites for hydroxylation is 1. The quantitative estimate of drug-likeness (QED) is 0.589. The van der Waals surface area contributed by atoms with Crippen LogP contribution in [0.15, 0.2) is 23.9 Å². The fourth-order valence-electron chi connectivity index (χ4n) is 3.59. The van der Waals surface area contributed by atoms with Crippen molar-refractivity contribution in [3.05, 3.63) is 40.9 Å². The van der Waals surface area contributed by atoms with Gasteiger partial charge in [0.25, 0.3) is 5.91 Å². The van der Waals surface area contributed by atoms with Gasteiger partial charge in [-0.1, -0.05) is 6.92 Å². The van der Waals surface area contributed by atoms with Crippen molar-refractivity contribution >= 4 is 17.8 Å². The van der Waals surface area contributed by atoms with Crippen molar-refractivity contribution in [3.63, 3.8) is 0 Å². The predicted molar refractivity (Wildman–Crippen MR) is 108 cm³/mol. The molecule has 0 spiro atoms. The van der Waals surface area contributed by atoms with E-state index in [0.29, 0.717) is 24.9 Å². The highest BCUT2D eigenvalue weighted by Gasteiger charge is 2.19. The van der Waals surface area contributed by atoms with Crippen LogP contribution in [0.25, 0.3) is 6.08 Å². The first kappa shape index (κ1) is 19.9. The molecule has 0 saturated carbocycles. The molecule has 7 nitrogen and oxygen atoms in total. The fourth-order valence-corrected chi connectivity index (χ4v) is 3.59. The van der Waals surface area contributed by atoms with Gasteiger partial charge in [-0.3, -0.25) is 4.79 Å². The van der Waals surface area contributed by atoms with E-state index in [0.717, 1.165) is 42.9 Å². The summed E-state index contributed by atoms with van der Waals surface area (Å²) in [4.78, 5) is 12.7. The highest BCUT2D eigenvalue weighted by molar-refractivity contribution is 6.09. The van der Waals surface area contributed by atoms with Gasteiger partial charge >= 0.3 is 0 Å². The van der Waals surface area contributed by atoms with E-state index in [2.05, 4.69) is 21.9 Å². The molecule has 7 heteroatoms. The Morgan fingerprint density at radius 2 is 2.32 bits per heavy atom. The third-order valence-corrected chi connectivity index (χ3v) is 5.14. The monoisotopic (exact) mass is 381 g/mol. The molecule has 1 fully saturated rings. The summed E-state index contributed by atoms with van der Waals surface area (Å²) < 4.78 is 9.38. The summed E-state index contributed by atoms with van der Waals surface area (Å²) in [6.45, 7) is 9.27. The molecule has 3 heterocycles. The number of carbonyl (C=O) groups excluding carboxylic acids is 1. The van der Waals surface area contributed by atoms with Crippen molar-refractivity contribution in [2.45, 2.75) is 46.7 Å². The molecule has 1 unspecified atom stereocenters. The molecule has 148 valence electrons. The first-order valence-corrected chi connectivity index (χ1v) is 9.73. The summed E-state index contributed by atoms with van der Waals surface area (Å²) >= 11 is 0. The summed E-state index contributed by atoms with van der Waals surface area (Å²) in [5.41, 5.74) is 3.16. The lowest BCUT2D eigenvalue weighted by Crippen LogP contribution is -2.19. The third kappa shape index (κ3) is 4.34. The summed E-state index contributed by atoms with van der Waals surface area (Å²) in [6.07, 6.45) is 5.33. The van der Waals surface area contributed by atoms with Crippen LogP contribution in [0.3, 0.4) is 0 Å². The average molecular weight is 381 g/mol. The molecule has 0 radical (unpaired) electrons. The molecule has 0 aliphatic carbocycles. The Morgan fingerprint density at radius 1 is 1.50 bits per heavy atom. The maximum Gasteiger partial charge on any atom is 0.267 e. The molecular formula is C21H27N5O2. The topological polar surface area (TPSA) is 84.9 Å². The Bertz CT molecular complexity index is 910. The maximum atomic E-state index is 12.7. The van der Waals surface area contributed by atoms with E-state index in [4.69, 9.17) is 4.74 Å². The largest absolute Gasteiger partial charge is 0.381 e. The molecule has 28 heavy (non-hydrogen) atoms. The molecule has 1 N–H and O–H groups in total. The molecule has 1 amide bonds. The number of anilines is 1. The smallest absolute Gasteiger partial charge is 0.267 e. The molecule has 1 saturated heterocycles. The van der Waals surface area contributed by atoms with Crippen LogP contribution in [0.4, 0.5) is 5.82 Å². The highest BCUT2D eigenvalue weighted by atomic mass is 16.5. The number of carbonyl (C=O) groups is 1. The van der Waals surface area contributed by atoms with Crippen LogP contribution in [0.1, 0.15) is 36.7 Å². The minimum absolute atomic E-state index is 0.0775. The van der Waals surface area contributed by atoms with Crippen LogP contribution < -0.4 is 5.32 Å². The van der Waals surface area contributed by atoms with Gasteiger partial charge in [-0.25, -0.2) is 4.68 Å². The van der Waals surface area contributed by atoms with E-state index in [9.17, 15) is 10.1 Å². The van der Waals surface area contributed by atoms with Crippen LogP contribution in [0.5, 0.6) is 0 Å². The maximum absolute atomic E-state index is 12.7. The van der Waals surface area contributed by atoms with E-state index in [-0.39, 0.29) is 5.57 Å². The summed E-state index contributed by atoms with van der Waals surface area (Å²) in [6, 6.07) is 5.79. The van der Waals surface area contributed by atoms with Crippen LogP contribution in [-0.4, -0.2) is 33.5 Å². The third-order valence-electron chi connectivity index (χ3n) is 5.14. The van der Waals surface area contributed by atoms with Gasteiger partial charge in [0.1, 0.15) is 17.5 Å². The molecule has 1 aliphatic heterocycles. The van der Waals surface area contributed by atoms with Crippen LogP contribution >= 0.6 is 0 Å². The standard InChI is InChI=1S/C21H27N5O2/c1-4-8-25-15(2)10-18(16(25)3)11-19(12-22)21(27)24-20-5-7-23-26(20)13-17-6-9-28-14-17/h5,7,10-11,17H,4,6,8-9,13-14H2,1-3H3,(H,24,27). The average Bonchev–Trinajstić information content (AvgIpc) is 3.39. The number of amides is 1. The van der Waals surface area contributed by atoms with Crippen molar-refractivity contribution in [2.75, 3.05) is 18.5 Å². The second-order valence-corrected chi connectivity index (χ2v) is 7.23. The van der Waals surface area contributed by atoms with Crippen molar-refractivity contribution in [1.82, 2.24) is 14.3 Å². The highest BCUT2D eigenvalue weighted by Crippen LogP contribution is 2.20. The van der Waals surface area contributed by atoms with Crippen molar-refractivity contribution < 1.29 is 9.53 Å². The second-order valence-electron chi connectivity index (χ2n) is 7.23. The van der Waals surface area contributed by atoms with Crippen LogP contribution in [0, 0.1) is 31.1 Å². The van der Waals surface area contributed by atoms with E-state index < -0.39 is 5.91 Å². The minimum atomic E-state index is -0.424. The lowest BCUT2D eigenvalue weighted by Gasteiger charge is -2.12. The van der Waals surface area contributed by atoms with Crippen molar-refractivity contribution in [3.8, 4) is 6.07 Å². The van der Waals surface area contributed by atoms with Crippen LogP contribution in [0.2, 0.25) is 0 Å². The van der Waals surface area contributed by atoms with E-state index in [1.54, 1.807) is 23.0 Å².